The van der Waals surface area contributed by atoms with Crippen LogP contribution >= 0.6 is 0 Å². The molecule has 0 bridgehead atoms. The molecule has 176 valence electrons. The molecule has 1 aromatic carbocycles. The minimum atomic E-state index is 0. The number of piperidine rings is 1. The third-order valence-corrected chi connectivity index (χ3v) is 6.16. The van der Waals surface area contributed by atoms with E-state index in [0.29, 0.717) is 29.8 Å². The summed E-state index contributed by atoms with van der Waals surface area (Å²) in [6, 6.07) is 8.19. The van der Waals surface area contributed by atoms with Gasteiger partial charge in [-0.3, -0.25) is 4.79 Å². The Labute approximate surface area is 193 Å². The Morgan fingerprint density at radius 3 is 2.62 bits per heavy atom. The minimum absolute atomic E-state index is 0. The highest BCUT2D eigenvalue weighted by molar-refractivity contribution is 5.76. The Morgan fingerprint density at radius 2 is 1.94 bits per heavy atom. The Hall–Kier alpha value is -3.53. The van der Waals surface area contributed by atoms with Gasteiger partial charge in [0.2, 0.25) is 11.8 Å². The van der Waals surface area contributed by atoms with Gasteiger partial charge in [0.15, 0.2) is 11.5 Å². The third-order valence-electron chi connectivity index (χ3n) is 6.16. The molecule has 5 rings (SSSR count). The number of nitrogens with one attached hydrogen (secondary N) is 2. The monoisotopic (exact) mass is 444 g/mol. The maximum Gasteiger partial charge on any atom is 0.270 e. The fourth-order valence-electron chi connectivity index (χ4n) is 4.32. The second-order valence-corrected chi connectivity index (χ2v) is 8.28. The summed E-state index contributed by atoms with van der Waals surface area (Å²) in [6.07, 6.45) is 2.18. The third kappa shape index (κ3) is 3.77. The topological polar surface area (TPSA) is 135 Å². The molecular formula is C22H36N8O2. The number of carbonyl (C=O) groups excluding carboxylic acids is 1. The zero-order valence-corrected chi connectivity index (χ0v) is 18.1. The predicted molar refractivity (Wildman–Crippen MR) is 130 cm³/mol. The standard InChI is InChI=1S/C22H26N8O2.5H2/c1-3-17(31)27-18-14-10-30(11-15(14)18)16-9-25-20(23)19(26-16)22-29-28-21(32-22)13-6-4-12(5-7-13)8-24-2;;;;;/h4-7,9,14-15,18,24H,3,8,10-11H2,1-2H3,(H2,23,25)(H,27,31);5*1H/t14-,15?,18?;;;;;/m1...../s1. The Kier molecular flexibility index (Phi) is 5.22. The lowest BCUT2D eigenvalue weighted by Gasteiger charge is -2.21. The molecule has 2 fully saturated rings. The van der Waals surface area contributed by atoms with Gasteiger partial charge in [-0.15, -0.1) is 10.2 Å². The summed E-state index contributed by atoms with van der Waals surface area (Å²) in [4.78, 5) is 22.8. The lowest BCUT2D eigenvalue weighted by atomic mass is 10.1. The minimum Gasteiger partial charge on any atom is -0.414 e. The van der Waals surface area contributed by atoms with Crippen LogP contribution in [0.5, 0.6) is 0 Å². The fraction of sp³-hybridized carbons (Fsp3) is 0.409. The maximum atomic E-state index is 11.6. The van der Waals surface area contributed by atoms with Gasteiger partial charge in [0.25, 0.3) is 5.89 Å². The molecule has 4 N–H and O–H groups in total. The zero-order chi connectivity index (χ0) is 22.2. The van der Waals surface area contributed by atoms with E-state index >= 15 is 0 Å². The quantitative estimate of drug-likeness (QED) is 0.502. The second kappa shape index (κ2) is 8.19. The van der Waals surface area contributed by atoms with Gasteiger partial charge in [0.1, 0.15) is 5.82 Å². The summed E-state index contributed by atoms with van der Waals surface area (Å²) in [6.45, 7) is 4.31. The number of hydrogen-bond donors (Lipinski definition) is 3. The molecule has 32 heavy (non-hydrogen) atoms. The SMILES string of the molecule is CCC(=O)NC1C2CN(c3cnc(N)c(-c4nnc(-c5ccc(CNC)cc5)o4)n3)C[C@H]21.[HH].[HH].[HH].[HH].[HH]. The first-order valence-corrected chi connectivity index (χ1v) is 10.8. The van der Waals surface area contributed by atoms with Crippen molar-refractivity contribution in [2.24, 2.45) is 11.8 Å². The summed E-state index contributed by atoms with van der Waals surface area (Å²) in [5.41, 5.74) is 8.45. The van der Waals surface area contributed by atoms with Crippen LogP contribution in [0.15, 0.2) is 34.9 Å². The van der Waals surface area contributed by atoms with E-state index in [1.54, 1.807) is 6.20 Å². The van der Waals surface area contributed by atoms with E-state index in [1.807, 2.05) is 38.2 Å². The molecule has 10 nitrogen and oxygen atoms in total. The molecule has 0 radical (unpaired) electrons. The van der Waals surface area contributed by atoms with Gasteiger partial charge in [-0.2, -0.15) is 0 Å². The molecule has 1 saturated carbocycles. The van der Waals surface area contributed by atoms with Crippen LogP contribution in [-0.4, -0.2) is 52.3 Å². The van der Waals surface area contributed by atoms with Crippen LogP contribution in [0.25, 0.3) is 23.0 Å². The van der Waals surface area contributed by atoms with Crippen molar-refractivity contribution >= 4 is 17.5 Å². The number of rotatable bonds is 7. The van der Waals surface area contributed by atoms with E-state index < -0.39 is 0 Å². The molecule has 1 saturated heterocycles. The Bertz CT molecular complexity index is 1140. The van der Waals surface area contributed by atoms with Gasteiger partial charge in [0, 0.05) is 56.6 Å². The molecule has 2 unspecified atom stereocenters. The largest absolute Gasteiger partial charge is 0.414 e. The van der Waals surface area contributed by atoms with Gasteiger partial charge < -0.3 is 25.7 Å². The van der Waals surface area contributed by atoms with Crippen LogP contribution in [0.2, 0.25) is 0 Å². The van der Waals surface area contributed by atoms with Crippen LogP contribution in [-0.2, 0) is 11.3 Å². The van der Waals surface area contributed by atoms with E-state index in [-0.39, 0.29) is 30.8 Å². The lowest BCUT2D eigenvalue weighted by Crippen LogP contribution is -2.34. The number of aromatic nitrogens is 4. The molecule has 2 aliphatic rings. The summed E-state index contributed by atoms with van der Waals surface area (Å²) < 4.78 is 5.87. The van der Waals surface area contributed by atoms with E-state index in [9.17, 15) is 4.79 Å². The number of nitrogens with zero attached hydrogens (tertiary/aromatic N) is 5. The van der Waals surface area contributed by atoms with Crippen molar-refractivity contribution in [2.45, 2.75) is 25.9 Å². The maximum absolute atomic E-state index is 11.6. The number of nitrogen functional groups attached to an aromatic ring is 1. The van der Waals surface area contributed by atoms with Crippen molar-refractivity contribution in [1.29, 1.82) is 0 Å². The number of fused-ring (bicyclic) bond motifs is 1. The number of hydrogen-bond acceptors (Lipinski definition) is 9. The Morgan fingerprint density at radius 1 is 1.22 bits per heavy atom. The molecular weight excluding hydrogens is 408 g/mol. The summed E-state index contributed by atoms with van der Waals surface area (Å²) in [7, 11) is 1.91. The summed E-state index contributed by atoms with van der Waals surface area (Å²) in [5.74, 6) is 2.62. The molecule has 0 spiro atoms. The fourth-order valence-corrected chi connectivity index (χ4v) is 4.32. The lowest BCUT2D eigenvalue weighted by molar-refractivity contribution is -0.121. The number of carbonyl (C=O) groups is 1. The van der Waals surface area contributed by atoms with Gasteiger partial charge >= 0.3 is 0 Å². The first-order valence-electron chi connectivity index (χ1n) is 10.8. The predicted octanol–water partition coefficient (Wildman–Crippen LogP) is 2.69. The first kappa shape index (κ1) is 20.4. The van der Waals surface area contributed by atoms with Crippen LogP contribution < -0.4 is 21.3 Å². The van der Waals surface area contributed by atoms with Crippen molar-refractivity contribution < 1.29 is 16.3 Å². The van der Waals surface area contributed by atoms with Crippen molar-refractivity contribution in [2.75, 3.05) is 30.8 Å². The number of benzene rings is 1. The molecule has 1 aliphatic carbocycles. The average molecular weight is 445 g/mol. The van der Waals surface area contributed by atoms with Crippen molar-refractivity contribution in [1.82, 2.24) is 30.8 Å². The van der Waals surface area contributed by atoms with Crippen LogP contribution in [0.4, 0.5) is 11.6 Å². The van der Waals surface area contributed by atoms with Gasteiger partial charge in [-0.1, -0.05) is 19.1 Å². The number of nitrogens with two attached hydrogens (primary N) is 1. The highest BCUT2D eigenvalue weighted by Gasteiger charge is 2.56. The highest BCUT2D eigenvalue weighted by atomic mass is 16.4. The van der Waals surface area contributed by atoms with E-state index in [0.717, 1.165) is 31.0 Å². The van der Waals surface area contributed by atoms with Gasteiger partial charge in [-0.25, -0.2) is 9.97 Å². The smallest absolute Gasteiger partial charge is 0.270 e. The zero-order valence-electron chi connectivity index (χ0n) is 18.1. The van der Waals surface area contributed by atoms with Crippen LogP contribution in [0.1, 0.15) is 26.0 Å². The van der Waals surface area contributed by atoms with Crippen molar-refractivity contribution in [3.05, 3.63) is 36.0 Å². The van der Waals surface area contributed by atoms with E-state index in [4.69, 9.17) is 10.2 Å². The molecule has 3 heterocycles. The normalized spacial score (nSPS) is 21.4. The van der Waals surface area contributed by atoms with Crippen LogP contribution in [0, 0.1) is 11.8 Å². The molecule has 3 aromatic rings. The number of amides is 1. The molecule has 3 atom stereocenters. The second-order valence-electron chi connectivity index (χ2n) is 8.28. The average Bonchev–Trinajstić information content (AvgIpc) is 3.20. The highest BCUT2D eigenvalue weighted by Crippen LogP contribution is 2.46. The van der Waals surface area contributed by atoms with Crippen molar-refractivity contribution in [3.63, 3.8) is 0 Å². The van der Waals surface area contributed by atoms with E-state index in [2.05, 4.69) is 35.7 Å². The molecule has 2 aromatic heterocycles. The summed E-state index contributed by atoms with van der Waals surface area (Å²) >= 11 is 0. The van der Waals surface area contributed by atoms with Gasteiger partial charge in [0.05, 0.1) is 6.20 Å². The number of anilines is 2. The van der Waals surface area contributed by atoms with Crippen molar-refractivity contribution in [3.8, 4) is 23.0 Å². The molecule has 10 heteroatoms. The summed E-state index contributed by atoms with van der Waals surface area (Å²) in [5, 5.41) is 14.5. The first-order chi connectivity index (χ1) is 15.6. The van der Waals surface area contributed by atoms with Crippen LogP contribution in [0.3, 0.4) is 0 Å². The Balaban J connectivity index is 0.00000259. The van der Waals surface area contributed by atoms with E-state index in [1.165, 1.54) is 5.56 Å². The molecule has 1 amide bonds. The molecule has 1 aliphatic heterocycles. The van der Waals surface area contributed by atoms with Gasteiger partial charge in [-0.05, 0) is 24.7 Å².